The second kappa shape index (κ2) is 5.05. The van der Waals surface area contributed by atoms with Gasteiger partial charge >= 0.3 is 0 Å². The van der Waals surface area contributed by atoms with E-state index in [2.05, 4.69) is 45.9 Å². The van der Waals surface area contributed by atoms with E-state index >= 15 is 0 Å². The van der Waals surface area contributed by atoms with E-state index in [-0.39, 0.29) is 5.54 Å². The van der Waals surface area contributed by atoms with Crippen LogP contribution >= 0.6 is 0 Å². The highest BCUT2D eigenvalue weighted by molar-refractivity contribution is 5.30. The van der Waals surface area contributed by atoms with Gasteiger partial charge < -0.3 is 5.73 Å². The van der Waals surface area contributed by atoms with Gasteiger partial charge in [0.1, 0.15) is 0 Å². The maximum Gasteiger partial charge on any atom is 0.0223 e. The summed E-state index contributed by atoms with van der Waals surface area (Å²) in [6.45, 7) is 9.02. The highest BCUT2D eigenvalue weighted by Crippen LogP contribution is 2.37. The molecular formula is C17H27N. The van der Waals surface area contributed by atoms with Crippen molar-refractivity contribution in [2.75, 3.05) is 0 Å². The van der Waals surface area contributed by atoms with Crippen LogP contribution in [-0.4, -0.2) is 5.54 Å². The average Bonchev–Trinajstić information content (AvgIpc) is 2.22. The van der Waals surface area contributed by atoms with E-state index in [1.54, 1.807) is 0 Å². The van der Waals surface area contributed by atoms with Gasteiger partial charge in [0, 0.05) is 5.54 Å². The molecule has 2 N–H and O–H groups in total. The summed E-state index contributed by atoms with van der Waals surface area (Å²) < 4.78 is 0. The lowest BCUT2D eigenvalue weighted by molar-refractivity contribution is 0.161. The Balaban J connectivity index is 2.20. The van der Waals surface area contributed by atoms with E-state index in [1.165, 1.54) is 36.0 Å². The van der Waals surface area contributed by atoms with Crippen LogP contribution in [0.2, 0.25) is 0 Å². The summed E-state index contributed by atoms with van der Waals surface area (Å²) in [5, 5.41) is 0. The molecule has 1 aliphatic rings. The SMILES string of the molecule is Cc1cc(C)cc(CC2(N)CC(C)CCC2C)c1. The molecule has 1 nitrogen and oxygen atoms in total. The smallest absolute Gasteiger partial charge is 0.0223 e. The molecule has 1 heteroatoms. The standard InChI is InChI=1S/C17H27N/c1-12-5-6-15(4)17(18,10-12)11-16-8-13(2)7-14(3)9-16/h7-9,12,15H,5-6,10-11,18H2,1-4H3. The fourth-order valence-electron chi connectivity index (χ4n) is 3.57. The Morgan fingerprint density at radius 3 is 2.33 bits per heavy atom. The van der Waals surface area contributed by atoms with Crippen LogP contribution in [-0.2, 0) is 6.42 Å². The Kier molecular flexibility index (Phi) is 3.82. The van der Waals surface area contributed by atoms with Crippen LogP contribution in [0.25, 0.3) is 0 Å². The summed E-state index contributed by atoms with van der Waals surface area (Å²) in [5.74, 6) is 1.41. The molecule has 1 aliphatic carbocycles. The zero-order valence-electron chi connectivity index (χ0n) is 12.3. The first-order valence-electron chi connectivity index (χ1n) is 7.25. The summed E-state index contributed by atoms with van der Waals surface area (Å²) in [5.41, 5.74) is 10.8. The summed E-state index contributed by atoms with van der Waals surface area (Å²) in [4.78, 5) is 0. The lowest BCUT2D eigenvalue weighted by atomic mass is 9.67. The maximum atomic E-state index is 6.73. The topological polar surface area (TPSA) is 26.0 Å². The molecule has 3 unspecified atom stereocenters. The number of nitrogens with two attached hydrogens (primary N) is 1. The Labute approximate surface area is 112 Å². The Morgan fingerprint density at radius 1 is 1.11 bits per heavy atom. The van der Waals surface area contributed by atoms with Gasteiger partial charge in [0.25, 0.3) is 0 Å². The zero-order valence-corrected chi connectivity index (χ0v) is 12.3. The predicted molar refractivity (Wildman–Crippen MR) is 78.7 cm³/mol. The number of hydrogen-bond donors (Lipinski definition) is 1. The monoisotopic (exact) mass is 245 g/mol. The van der Waals surface area contributed by atoms with Gasteiger partial charge in [-0.15, -0.1) is 0 Å². The molecule has 3 atom stereocenters. The van der Waals surface area contributed by atoms with Crippen molar-refractivity contribution in [3.63, 3.8) is 0 Å². The first kappa shape index (κ1) is 13.6. The van der Waals surface area contributed by atoms with Gasteiger partial charge in [-0.2, -0.15) is 0 Å². The van der Waals surface area contributed by atoms with Crippen molar-refractivity contribution in [1.82, 2.24) is 0 Å². The summed E-state index contributed by atoms with van der Waals surface area (Å²) in [6, 6.07) is 6.83. The number of benzene rings is 1. The first-order valence-corrected chi connectivity index (χ1v) is 7.25. The molecule has 18 heavy (non-hydrogen) atoms. The van der Waals surface area contributed by atoms with Crippen LogP contribution in [0.5, 0.6) is 0 Å². The first-order chi connectivity index (χ1) is 8.39. The molecule has 0 aliphatic heterocycles. The van der Waals surface area contributed by atoms with Crippen molar-refractivity contribution >= 4 is 0 Å². The molecule has 1 aromatic rings. The van der Waals surface area contributed by atoms with Crippen molar-refractivity contribution in [1.29, 1.82) is 0 Å². The van der Waals surface area contributed by atoms with Crippen LogP contribution in [0.1, 0.15) is 49.8 Å². The molecule has 1 fully saturated rings. The summed E-state index contributed by atoms with van der Waals surface area (Å²) >= 11 is 0. The molecule has 1 saturated carbocycles. The summed E-state index contributed by atoms with van der Waals surface area (Å²) in [6.07, 6.45) is 4.82. The van der Waals surface area contributed by atoms with E-state index in [0.717, 1.165) is 12.3 Å². The number of hydrogen-bond acceptors (Lipinski definition) is 1. The van der Waals surface area contributed by atoms with Gasteiger partial charge in [-0.05, 0) is 50.5 Å². The molecule has 1 aromatic carbocycles. The maximum absolute atomic E-state index is 6.73. The molecule has 100 valence electrons. The van der Waals surface area contributed by atoms with Gasteiger partial charge in [-0.25, -0.2) is 0 Å². The zero-order chi connectivity index (χ0) is 13.3. The lowest BCUT2D eigenvalue weighted by Gasteiger charge is -2.42. The van der Waals surface area contributed by atoms with Crippen LogP contribution in [0, 0.1) is 25.7 Å². The van der Waals surface area contributed by atoms with E-state index in [0.29, 0.717) is 5.92 Å². The van der Waals surface area contributed by atoms with Crippen molar-refractivity contribution < 1.29 is 0 Å². The van der Waals surface area contributed by atoms with E-state index in [9.17, 15) is 0 Å². The molecule has 0 spiro atoms. The van der Waals surface area contributed by atoms with Crippen molar-refractivity contribution in [3.05, 3.63) is 34.9 Å². The second-order valence-corrected chi connectivity index (χ2v) is 6.69. The van der Waals surface area contributed by atoms with Gasteiger partial charge in [-0.1, -0.05) is 49.6 Å². The minimum atomic E-state index is -0.00208. The minimum Gasteiger partial charge on any atom is -0.325 e. The van der Waals surface area contributed by atoms with Crippen LogP contribution in [0.4, 0.5) is 0 Å². The Morgan fingerprint density at radius 2 is 1.72 bits per heavy atom. The fourth-order valence-corrected chi connectivity index (χ4v) is 3.57. The predicted octanol–water partition coefficient (Wildman–Crippen LogP) is 4.00. The number of rotatable bonds is 2. The molecule has 0 bridgehead atoms. The van der Waals surface area contributed by atoms with Gasteiger partial charge in [0.15, 0.2) is 0 Å². The summed E-state index contributed by atoms with van der Waals surface area (Å²) in [7, 11) is 0. The van der Waals surface area contributed by atoms with Crippen LogP contribution in [0.15, 0.2) is 18.2 Å². The molecule has 0 amide bonds. The highest BCUT2D eigenvalue weighted by atomic mass is 14.8. The minimum absolute atomic E-state index is 0.00208. The van der Waals surface area contributed by atoms with Gasteiger partial charge in [0.2, 0.25) is 0 Å². The third-order valence-corrected chi connectivity index (χ3v) is 4.62. The largest absolute Gasteiger partial charge is 0.325 e. The fraction of sp³-hybridized carbons (Fsp3) is 0.647. The van der Waals surface area contributed by atoms with E-state index in [1.807, 2.05) is 0 Å². The van der Waals surface area contributed by atoms with Crippen molar-refractivity contribution in [3.8, 4) is 0 Å². The number of aryl methyl sites for hydroxylation is 2. The van der Waals surface area contributed by atoms with Crippen molar-refractivity contribution in [2.24, 2.45) is 17.6 Å². The van der Waals surface area contributed by atoms with Crippen LogP contribution < -0.4 is 5.73 Å². The van der Waals surface area contributed by atoms with Gasteiger partial charge in [0.05, 0.1) is 0 Å². The quantitative estimate of drug-likeness (QED) is 0.837. The Hall–Kier alpha value is -0.820. The third-order valence-electron chi connectivity index (χ3n) is 4.62. The molecule has 0 saturated heterocycles. The van der Waals surface area contributed by atoms with Crippen molar-refractivity contribution in [2.45, 2.75) is 58.9 Å². The average molecular weight is 245 g/mol. The molecule has 0 heterocycles. The van der Waals surface area contributed by atoms with E-state index < -0.39 is 0 Å². The van der Waals surface area contributed by atoms with Gasteiger partial charge in [-0.3, -0.25) is 0 Å². The van der Waals surface area contributed by atoms with E-state index in [4.69, 9.17) is 5.73 Å². The second-order valence-electron chi connectivity index (χ2n) is 6.69. The molecule has 0 radical (unpaired) electrons. The molecule has 2 rings (SSSR count). The third kappa shape index (κ3) is 2.95. The normalized spacial score (nSPS) is 32.5. The Bertz CT molecular complexity index is 403. The van der Waals surface area contributed by atoms with Crippen LogP contribution in [0.3, 0.4) is 0 Å². The highest BCUT2D eigenvalue weighted by Gasteiger charge is 2.37. The molecular weight excluding hydrogens is 218 g/mol. The molecule has 0 aromatic heterocycles. The lowest BCUT2D eigenvalue weighted by Crippen LogP contribution is -2.51.